The van der Waals surface area contributed by atoms with E-state index in [1.54, 1.807) is 20.8 Å². The van der Waals surface area contributed by atoms with Crippen LogP contribution in [0, 0.1) is 0 Å². The number of carboxylic acid groups (broad SMARTS) is 1. The molecule has 0 unspecified atom stereocenters. The third-order valence-electron chi connectivity index (χ3n) is 2.87. The topological polar surface area (TPSA) is 95.9 Å². The summed E-state index contributed by atoms with van der Waals surface area (Å²) < 4.78 is 5.04. The second-order valence-electron chi connectivity index (χ2n) is 5.76. The lowest BCUT2D eigenvalue weighted by Gasteiger charge is -2.22. The van der Waals surface area contributed by atoms with Crippen LogP contribution in [-0.4, -0.2) is 52.7 Å². The Kier molecular flexibility index (Phi) is 5.35. The summed E-state index contributed by atoms with van der Waals surface area (Å²) in [7, 11) is 0. The summed E-state index contributed by atoms with van der Waals surface area (Å²) in [5, 5.41) is 11.5. The molecule has 114 valence electrons. The molecule has 0 spiro atoms. The van der Waals surface area contributed by atoms with Gasteiger partial charge in [0.1, 0.15) is 11.6 Å². The summed E-state index contributed by atoms with van der Waals surface area (Å²) in [6.07, 6.45) is 0.674. The normalized spacial score (nSPS) is 18.8. The molecule has 1 aliphatic heterocycles. The number of hydrogen-bond acceptors (Lipinski definition) is 4. The van der Waals surface area contributed by atoms with Crippen LogP contribution in [0.3, 0.4) is 0 Å². The number of likely N-dealkylation sites (tertiary alicyclic amines) is 1. The fourth-order valence-electron chi connectivity index (χ4n) is 2.05. The highest BCUT2D eigenvalue weighted by Crippen LogP contribution is 2.18. The summed E-state index contributed by atoms with van der Waals surface area (Å²) >= 11 is 0. The molecule has 1 rings (SSSR count). The number of carboxylic acids is 1. The maximum absolute atomic E-state index is 11.9. The number of ether oxygens (including phenoxy) is 1. The predicted molar refractivity (Wildman–Crippen MR) is 71.2 cm³/mol. The van der Waals surface area contributed by atoms with Crippen molar-refractivity contribution in [3.8, 4) is 0 Å². The van der Waals surface area contributed by atoms with Crippen LogP contribution in [-0.2, 0) is 14.3 Å². The Bertz CT molecular complexity index is 389. The first kappa shape index (κ1) is 16.3. The molecule has 0 aromatic heterocycles. The first-order chi connectivity index (χ1) is 9.20. The number of nitrogens with one attached hydrogen (secondary N) is 1. The molecule has 20 heavy (non-hydrogen) atoms. The average molecular weight is 286 g/mol. The standard InChI is InChI=1S/C13H22N2O5/c1-13(2,3)20-12(19)14-7-6-10(16)15-8-4-5-9(15)11(17)18/h9H,4-8H2,1-3H3,(H,14,19)(H,17,18)/t9-/m1/s1. The molecule has 7 nitrogen and oxygen atoms in total. The number of rotatable bonds is 4. The van der Waals surface area contributed by atoms with Gasteiger partial charge in [0.05, 0.1) is 0 Å². The molecular formula is C13H22N2O5. The molecule has 1 atom stereocenters. The summed E-state index contributed by atoms with van der Waals surface area (Å²) in [6, 6.07) is -0.732. The van der Waals surface area contributed by atoms with E-state index in [2.05, 4.69) is 5.32 Å². The lowest BCUT2D eigenvalue weighted by molar-refractivity contribution is -0.148. The van der Waals surface area contributed by atoms with Crippen LogP contribution in [0.4, 0.5) is 4.79 Å². The highest BCUT2D eigenvalue weighted by Gasteiger charge is 2.33. The highest BCUT2D eigenvalue weighted by molar-refractivity contribution is 5.84. The molecule has 1 aliphatic rings. The number of carbonyl (C=O) groups excluding carboxylic acids is 2. The van der Waals surface area contributed by atoms with E-state index in [-0.39, 0.29) is 18.9 Å². The molecule has 1 fully saturated rings. The van der Waals surface area contributed by atoms with E-state index in [1.807, 2.05) is 0 Å². The number of hydrogen-bond donors (Lipinski definition) is 2. The minimum Gasteiger partial charge on any atom is -0.480 e. The van der Waals surface area contributed by atoms with Crippen molar-refractivity contribution in [2.24, 2.45) is 0 Å². The quantitative estimate of drug-likeness (QED) is 0.803. The van der Waals surface area contributed by atoms with Gasteiger partial charge in [-0.15, -0.1) is 0 Å². The maximum atomic E-state index is 11.9. The second kappa shape index (κ2) is 6.58. The van der Waals surface area contributed by atoms with Crippen LogP contribution in [0.1, 0.15) is 40.0 Å². The van der Waals surface area contributed by atoms with Gasteiger partial charge in [-0.25, -0.2) is 9.59 Å². The molecular weight excluding hydrogens is 264 g/mol. The van der Waals surface area contributed by atoms with Gasteiger partial charge in [0.25, 0.3) is 0 Å². The predicted octanol–water partition coefficient (Wildman–Crippen LogP) is 0.977. The van der Waals surface area contributed by atoms with Crippen LogP contribution in [0.25, 0.3) is 0 Å². The minimum absolute atomic E-state index is 0.0724. The van der Waals surface area contributed by atoms with E-state index < -0.39 is 23.7 Å². The van der Waals surface area contributed by atoms with Crippen molar-refractivity contribution in [1.82, 2.24) is 10.2 Å². The van der Waals surface area contributed by atoms with Gasteiger partial charge in [0.2, 0.25) is 5.91 Å². The number of aliphatic carboxylic acids is 1. The zero-order valence-corrected chi connectivity index (χ0v) is 12.1. The van der Waals surface area contributed by atoms with Crippen LogP contribution in [0.5, 0.6) is 0 Å². The van der Waals surface area contributed by atoms with E-state index in [4.69, 9.17) is 9.84 Å². The first-order valence-corrected chi connectivity index (χ1v) is 6.70. The average Bonchev–Trinajstić information content (AvgIpc) is 2.74. The van der Waals surface area contributed by atoms with Crippen molar-refractivity contribution < 1.29 is 24.2 Å². The van der Waals surface area contributed by atoms with Gasteiger partial charge >= 0.3 is 12.1 Å². The minimum atomic E-state index is -0.976. The van der Waals surface area contributed by atoms with Crippen molar-refractivity contribution in [2.45, 2.75) is 51.7 Å². The number of nitrogens with zero attached hydrogens (tertiary/aromatic N) is 1. The SMILES string of the molecule is CC(C)(C)OC(=O)NCCC(=O)N1CCC[C@@H]1C(=O)O. The largest absolute Gasteiger partial charge is 0.480 e. The van der Waals surface area contributed by atoms with E-state index in [0.29, 0.717) is 19.4 Å². The number of carbonyl (C=O) groups is 3. The summed E-state index contributed by atoms with van der Waals surface area (Å²) in [4.78, 5) is 35.6. The third-order valence-corrected chi connectivity index (χ3v) is 2.87. The van der Waals surface area contributed by atoms with Crippen molar-refractivity contribution in [1.29, 1.82) is 0 Å². The molecule has 0 radical (unpaired) electrons. The Morgan fingerprint density at radius 3 is 2.55 bits per heavy atom. The molecule has 0 saturated carbocycles. The van der Waals surface area contributed by atoms with Crippen LogP contribution >= 0.6 is 0 Å². The molecule has 2 amide bonds. The van der Waals surface area contributed by atoms with Crippen molar-refractivity contribution in [3.63, 3.8) is 0 Å². The molecule has 0 aliphatic carbocycles. The Morgan fingerprint density at radius 1 is 1.35 bits per heavy atom. The van der Waals surface area contributed by atoms with Gasteiger partial charge < -0.3 is 20.1 Å². The smallest absolute Gasteiger partial charge is 0.407 e. The molecule has 1 heterocycles. The molecule has 0 aromatic rings. The Morgan fingerprint density at radius 2 is 2.00 bits per heavy atom. The molecule has 0 aromatic carbocycles. The fourth-order valence-corrected chi connectivity index (χ4v) is 2.05. The van der Waals surface area contributed by atoms with Gasteiger partial charge in [-0.1, -0.05) is 0 Å². The van der Waals surface area contributed by atoms with E-state index in [0.717, 1.165) is 0 Å². The summed E-state index contributed by atoms with van der Waals surface area (Å²) in [5.41, 5.74) is -0.586. The lowest BCUT2D eigenvalue weighted by Crippen LogP contribution is -2.42. The molecule has 1 saturated heterocycles. The van der Waals surface area contributed by atoms with Crippen LogP contribution < -0.4 is 5.32 Å². The fraction of sp³-hybridized carbons (Fsp3) is 0.769. The first-order valence-electron chi connectivity index (χ1n) is 6.70. The zero-order valence-electron chi connectivity index (χ0n) is 12.1. The van der Waals surface area contributed by atoms with Crippen LogP contribution in [0.15, 0.2) is 0 Å². The van der Waals surface area contributed by atoms with Gasteiger partial charge in [-0.2, -0.15) is 0 Å². The molecule has 2 N–H and O–H groups in total. The number of alkyl carbamates (subject to hydrolysis) is 1. The van der Waals surface area contributed by atoms with E-state index >= 15 is 0 Å². The monoisotopic (exact) mass is 286 g/mol. The summed E-state index contributed by atoms with van der Waals surface area (Å²) in [6.45, 7) is 5.84. The van der Waals surface area contributed by atoms with Gasteiger partial charge in [0.15, 0.2) is 0 Å². The van der Waals surface area contributed by atoms with Crippen molar-refractivity contribution in [3.05, 3.63) is 0 Å². The third kappa shape index (κ3) is 5.07. The van der Waals surface area contributed by atoms with Gasteiger partial charge in [-0.05, 0) is 33.6 Å². The Labute approximate surface area is 118 Å². The van der Waals surface area contributed by atoms with E-state index in [1.165, 1.54) is 4.90 Å². The zero-order chi connectivity index (χ0) is 15.3. The van der Waals surface area contributed by atoms with Crippen molar-refractivity contribution >= 4 is 18.0 Å². The maximum Gasteiger partial charge on any atom is 0.407 e. The second-order valence-corrected chi connectivity index (χ2v) is 5.76. The Hall–Kier alpha value is -1.79. The van der Waals surface area contributed by atoms with Crippen molar-refractivity contribution in [2.75, 3.05) is 13.1 Å². The number of amides is 2. The van der Waals surface area contributed by atoms with Gasteiger partial charge in [0, 0.05) is 19.5 Å². The molecule has 7 heteroatoms. The van der Waals surface area contributed by atoms with E-state index in [9.17, 15) is 14.4 Å². The lowest BCUT2D eigenvalue weighted by atomic mass is 10.2. The Balaban J connectivity index is 2.33. The van der Waals surface area contributed by atoms with Crippen LogP contribution in [0.2, 0.25) is 0 Å². The van der Waals surface area contributed by atoms with Gasteiger partial charge in [-0.3, -0.25) is 4.79 Å². The summed E-state index contributed by atoms with van der Waals surface area (Å²) in [5.74, 6) is -1.23. The molecule has 0 bridgehead atoms. The highest BCUT2D eigenvalue weighted by atomic mass is 16.6.